The summed E-state index contributed by atoms with van der Waals surface area (Å²) in [6.45, 7) is 4.58. The van der Waals surface area contributed by atoms with E-state index in [1.54, 1.807) is 19.2 Å². The van der Waals surface area contributed by atoms with E-state index in [1.165, 1.54) is 12.5 Å². The number of piperidine rings is 1. The normalized spacial score (nSPS) is 19.9. The van der Waals surface area contributed by atoms with Crippen LogP contribution in [0.25, 0.3) is 6.08 Å². The Labute approximate surface area is 131 Å². The number of aromatic nitrogens is 1. The Bertz CT molecular complexity index is 542. The van der Waals surface area contributed by atoms with Crippen molar-refractivity contribution in [3.05, 3.63) is 36.2 Å². The summed E-state index contributed by atoms with van der Waals surface area (Å²) >= 11 is 0. The van der Waals surface area contributed by atoms with Gasteiger partial charge in [-0.05, 0) is 51.3 Å². The highest BCUT2D eigenvalue weighted by Crippen LogP contribution is 2.17. The summed E-state index contributed by atoms with van der Waals surface area (Å²) in [5.74, 6) is -0.289. The van der Waals surface area contributed by atoms with Crippen molar-refractivity contribution in [2.75, 3.05) is 6.54 Å². The van der Waals surface area contributed by atoms with E-state index in [4.69, 9.17) is 0 Å². The molecule has 0 spiro atoms. The van der Waals surface area contributed by atoms with E-state index in [0.29, 0.717) is 5.69 Å². The summed E-state index contributed by atoms with van der Waals surface area (Å²) in [5.41, 5.74) is 0.710. The van der Waals surface area contributed by atoms with Gasteiger partial charge < -0.3 is 10.2 Å². The number of amides is 2. The molecule has 2 unspecified atom stereocenters. The van der Waals surface area contributed by atoms with Gasteiger partial charge >= 0.3 is 0 Å². The Hall–Kier alpha value is -2.17. The molecule has 5 nitrogen and oxygen atoms in total. The first-order chi connectivity index (χ1) is 10.6. The van der Waals surface area contributed by atoms with E-state index in [-0.39, 0.29) is 17.9 Å². The molecule has 1 fully saturated rings. The maximum atomic E-state index is 12.4. The van der Waals surface area contributed by atoms with E-state index >= 15 is 0 Å². The molecule has 1 N–H and O–H groups in total. The maximum Gasteiger partial charge on any atom is 0.245 e. The average Bonchev–Trinajstić information content (AvgIpc) is 2.53. The van der Waals surface area contributed by atoms with Crippen molar-refractivity contribution < 1.29 is 9.59 Å². The minimum atomic E-state index is -0.513. The number of pyridine rings is 1. The number of hydrogen-bond acceptors (Lipinski definition) is 3. The van der Waals surface area contributed by atoms with Gasteiger partial charge in [0, 0.05) is 24.9 Å². The molecule has 1 aromatic heterocycles. The minimum absolute atomic E-state index is 0.00761. The van der Waals surface area contributed by atoms with Gasteiger partial charge in [-0.25, -0.2) is 0 Å². The third kappa shape index (κ3) is 4.41. The molecule has 5 heteroatoms. The van der Waals surface area contributed by atoms with Crippen molar-refractivity contribution in [1.29, 1.82) is 0 Å². The molecule has 1 aliphatic heterocycles. The molecule has 0 aromatic carbocycles. The molecule has 2 amide bonds. The number of nitrogens with one attached hydrogen (secondary N) is 1. The number of carbonyl (C=O) groups excluding carboxylic acids is 2. The summed E-state index contributed by atoms with van der Waals surface area (Å²) in [7, 11) is 0. The van der Waals surface area contributed by atoms with Crippen molar-refractivity contribution in [3.63, 3.8) is 0 Å². The fourth-order valence-corrected chi connectivity index (χ4v) is 2.63. The summed E-state index contributed by atoms with van der Waals surface area (Å²) in [5, 5.41) is 2.72. The lowest BCUT2D eigenvalue weighted by Crippen LogP contribution is -2.51. The van der Waals surface area contributed by atoms with Crippen molar-refractivity contribution in [2.45, 2.75) is 45.2 Å². The van der Waals surface area contributed by atoms with E-state index in [9.17, 15) is 9.59 Å². The first-order valence-electron chi connectivity index (χ1n) is 7.78. The van der Waals surface area contributed by atoms with Gasteiger partial charge in [0.25, 0.3) is 0 Å². The number of carbonyl (C=O) groups is 2. The molecule has 22 heavy (non-hydrogen) atoms. The molecule has 2 heterocycles. The number of rotatable bonds is 4. The maximum absolute atomic E-state index is 12.4. The van der Waals surface area contributed by atoms with Crippen LogP contribution in [-0.4, -0.2) is 40.3 Å². The van der Waals surface area contributed by atoms with Crippen LogP contribution in [-0.2, 0) is 9.59 Å². The highest BCUT2D eigenvalue weighted by molar-refractivity contribution is 5.95. The number of nitrogens with zero attached hydrogens (tertiary/aromatic N) is 2. The van der Waals surface area contributed by atoms with Crippen LogP contribution >= 0.6 is 0 Å². The van der Waals surface area contributed by atoms with Gasteiger partial charge in [-0.1, -0.05) is 6.07 Å². The molecule has 2 rings (SSSR count). The van der Waals surface area contributed by atoms with Crippen LogP contribution in [0.2, 0.25) is 0 Å². The fourth-order valence-electron chi connectivity index (χ4n) is 2.63. The van der Waals surface area contributed by atoms with E-state index in [0.717, 1.165) is 19.4 Å². The topological polar surface area (TPSA) is 62.3 Å². The first-order valence-corrected chi connectivity index (χ1v) is 7.78. The van der Waals surface area contributed by atoms with Gasteiger partial charge in [-0.15, -0.1) is 0 Å². The van der Waals surface area contributed by atoms with Gasteiger partial charge in [0.05, 0.1) is 5.69 Å². The number of hydrogen-bond donors (Lipinski definition) is 1. The third-order valence-corrected chi connectivity index (χ3v) is 3.91. The van der Waals surface area contributed by atoms with Crippen LogP contribution in [0.5, 0.6) is 0 Å². The van der Waals surface area contributed by atoms with E-state index < -0.39 is 6.04 Å². The summed E-state index contributed by atoms with van der Waals surface area (Å²) < 4.78 is 0. The second-order valence-electron chi connectivity index (χ2n) is 5.69. The molecule has 1 aromatic rings. The van der Waals surface area contributed by atoms with Crippen LogP contribution in [0.3, 0.4) is 0 Å². The third-order valence-electron chi connectivity index (χ3n) is 3.91. The zero-order valence-electron chi connectivity index (χ0n) is 13.2. The predicted octanol–water partition coefficient (Wildman–Crippen LogP) is 2.00. The van der Waals surface area contributed by atoms with Gasteiger partial charge in [0.15, 0.2) is 0 Å². The lowest BCUT2D eigenvalue weighted by Gasteiger charge is -2.35. The zero-order chi connectivity index (χ0) is 15.9. The summed E-state index contributed by atoms with van der Waals surface area (Å²) in [4.78, 5) is 30.3. The molecule has 0 saturated carbocycles. The smallest absolute Gasteiger partial charge is 0.245 e. The lowest BCUT2D eigenvalue weighted by molar-refractivity contribution is -0.138. The highest BCUT2D eigenvalue weighted by atomic mass is 16.2. The molecular weight excluding hydrogens is 278 g/mol. The Morgan fingerprint density at radius 1 is 1.41 bits per heavy atom. The van der Waals surface area contributed by atoms with Crippen LogP contribution in [0.15, 0.2) is 30.5 Å². The van der Waals surface area contributed by atoms with Gasteiger partial charge in [-0.2, -0.15) is 0 Å². The Kier molecular flexibility index (Phi) is 5.69. The number of likely N-dealkylation sites (tertiary alicyclic amines) is 1. The van der Waals surface area contributed by atoms with E-state index in [1.807, 2.05) is 23.1 Å². The van der Waals surface area contributed by atoms with Crippen LogP contribution in [0, 0.1) is 0 Å². The molecule has 1 aliphatic rings. The molecule has 0 bridgehead atoms. The fraction of sp³-hybridized carbons (Fsp3) is 0.471. The predicted molar refractivity (Wildman–Crippen MR) is 85.9 cm³/mol. The van der Waals surface area contributed by atoms with E-state index in [2.05, 4.69) is 17.2 Å². The molecule has 2 atom stereocenters. The average molecular weight is 301 g/mol. The summed E-state index contributed by atoms with van der Waals surface area (Å²) in [6.07, 6.45) is 7.95. The standard InChI is InChI=1S/C17H23N3O2/c1-13-7-4-6-12-20(13)17(22)14(2)19-16(21)10-9-15-8-3-5-11-18-15/h3,5,8-11,13-14H,4,6-7,12H2,1-2H3,(H,19,21)/b10-9+. The van der Waals surface area contributed by atoms with Crippen molar-refractivity contribution in [1.82, 2.24) is 15.2 Å². The Balaban J connectivity index is 1.88. The second-order valence-corrected chi connectivity index (χ2v) is 5.69. The van der Waals surface area contributed by atoms with Crippen molar-refractivity contribution in [2.24, 2.45) is 0 Å². The molecule has 1 saturated heterocycles. The first kappa shape index (κ1) is 16.2. The molecule has 118 valence electrons. The van der Waals surface area contributed by atoms with Crippen LogP contribution in [0.4, 0.5) is 0 Å². The van der Waals surface area contributed by atoms with Crippen LogP contribution < -0.4 is 5.32 Å². The van der Waals surface area contributed by atoms with Crippen molar-refractivity contribution >= 4 is 17.9 Å². The lowest BCUT2D eigenvalue weighted by atomic mass is 10.0. The van der Waals surface area contributed by atoms with Gasteiger partial charge in [0.1, 0.15) is 6.04 Å². The Morgan fingerprint density at radius 3 is 2.91 bits per heavy atom. The summed E-state index contributed by atoms with van der Waals surface area (Å²) in [6, 6.07) is 5.23. The van der Waals surface area contributed by atoms with Gasteiger partial charge in [-0.3, -0.25) is 14.6 Å². The molecular formula is C17H23N3O2. The Morgan fingerprint density at radius 2 is 2.23 bits per heavy atom. The minimum Gasteiger partial charge on any atom is -0.341 e. The highest BCUT2D eigenvalue weighted by Gasteiger charge is 2.27. The quantitative estimate of drug-likeness (QED) is 0.865. The second kappa shape index (κ2) is 7.73. The van der Waals surface area contributed by atoms with Gasteiger partial charge in [0.2, 0.25) is 11.8 Å². The molecule has 0 radical (unpaired) electrons. The van der Waals surface area contributed by atoms with Crippen molar-refractivity contribution in [3.8, 4) is 0 Å². The van der Waals surface area contributed by atoms with Crippen LogP contribution in [0.1, 0.15) is 38.8 Å². The SMILES string of the molecule is CC(NC(=O)/C=C/c1ccccn1)C(=O)N1CCCCC1C. The molecule has 0 aliphatic carbocycles. The zero-order valence-corrected chi connectivity index (χ0v) is 13.2. The monoisotopic (exact) mass is 301 g/mol. The largest absolute Gasteiger partial charge is 0.341 e.